The Hall–Kier alpha value is -1.42. The zero-order valence-corrected chi connectivity index (χ0v) is 12.4. The molecule has 1 aromatic carbocycles. The Morgan fingerprint density at radius 2 is 2.05 bits per heavy atom. The van der Waals surface area contributed by atoms with E-state index in [-0.39, 0.29) is 0 Å². The van der Waals surface area contributed by atoms with Crippen molar-refractivity contribution in [1.82, 2.24) is 0 Å². The quantitative estimate of drug-likeness (QED) is 0.652. The largest absolute Gasteiger partial charge is 0.489 e. The fraction of sp³-hybridized carbons (Fsp3) is 0.600. The summed E-state index contributed by atoms with van der Waals surface area (Å²) in [6.07, 6.45) is 0. The lowest BCUT2D eigenvalue weighted by Crippen LogP contribution is -2.49. The average Bonchev–Trinajstić information content (AvgIpc) is 2.44. The molecular weight excluding hydrogens is 238 g/mol. The van der Waals surface area contributed by atoms with Crippen LogP contribution < -0.4 is 15.4 Å². The van der Waals surface area contributed by atoms with E-state index in [1.165, 1.54) is 18.8 Å². The van der Waals surface area contributed by atoms with E-state index in [0.717, 1.165) is 42.2 Å². The number of nitrogen functional groups attached to an aromatic ring is 1. The molecule has 2 N–H and O–H groups in total. The minimum Gasteiger partial charge on any atom is -0.489 e. The van der Waals surface area contributed by atoms with Crippen LogP contribution in [0.5, 0.6) is 5.75 Å². The molecule has 0 atom stereocenters. The van der Waals surface area contributed by atoms with Crippen LogP contribution in [0, 0.1) is 0 Å². The number of likely N-dealkylation sites (N-methyl/N-ethyl adjacent to an activating group) is 1. The summed E-state index contributed by atoms with van der Waals surface area (Å²) in [5, 5.41) is 0. The van der Waals surface area contributed by atoms with Crippen LogP contribution in [0.1, 0.15) is 13.8 Å². The molecule has 0 unspecified atom stereocenters. The molecule has 0 aliphatic carbocycles. The highest BCUT2D eigenvalue weighted by Gasteiger charge is 2.22. The Morgan fingerprint density at radius 1 is 1.32 bits per heavy atom. The summed E-state index contributed by atoms with van der Waals surface area (Å²) in [5.41, 5.74) is 7.76. The summed E-state index contributed by atoms with van der Waals surface area (Å²) >= 11 is 0. The molecule has 0 saturated carbocycles. The van der Waals surface area contributed by atoms with Gasteiger partial charge in [-0.2, -0.15) is 0 Å². The van der Waals surface area contributed by atoms with Crippen LogP contribution in [0.15, 0.2) is 18.2 Å². The first kappa shape index (κ1) is 14.0. The van der Waals surface area contributed by atoms with Crippen LogP contribution in [-0.4, -0.2) is 50.9 Å². The number of hydrogen-bond donors (Lipinski definition) is 1. The van der Waals surface area contributed by atoms with Crippen LogP contribution in [0.4, 0.5) is 11.4 Å². The predicted octanol–water partition coefficient (Wildman–Crippen LogP) is 1.95. The van der Waals surface area contributed by atoms with Gasteiger partial charge in [-0.25, -0.2) is 0 Å². The van der Waals surface area contributed by atoms with E-state index in [1.807, 2.05) is 12.1 Å². The van der Waals surface area contributed by atoms with Gasteiger partial charge in [0.25, 0.3) is 0 Å². The molecule has 0 spiro atoms. The Morgan fingerprint density at radius 3 is 2.74 bits per heavy atom. The second-order valence-corrected chi connectivity index (χ2v) is 5.54. The molecule has 4 heteroatoms. The Bertz CT molecular complexity index is 429. The molecule has 2 rings (SSSR count). The first-order valence-electron chi connectivity index (χ1n) is 7.19. The van der Waals surface area contributed by atoms with Crippen molar-refractivity contribution in [3.05, 3.63) is 18.2 Å². The third-order valence-electron chi connectivity index (χ3n) is 4.38. The lowest BCUT2D eigenvalue weighted by molar-refractivity contribution is -0.904. The van der Waals surface area contributed by atoms with Gasteiger partial charge < -0.3 is 19.9 Å². The van der Waals surface area contributed by atoms with Crippen LogP contribution in [0.2, 0.25) is 0 Å². The second-order valence-electron chi connectivity index (χ2n) is 5.54. The molecular formula is C15H26N3O+. The van der Waals surface area contributed by atoms with Crippen molar-refractivity contribution in [2.75, 3.05) is 57.0 Å². The minimum absolute atomic E-state index is 0.748. The van der Waals surface area contributed by atoms with Crippen molar-refractivity contribution in [3.63, 3.8) is 0 Å². The summed E-state index contributed by atoms with van der Waals surface area (Å²) in [6, 6.07) is 5.95. The molecule has 1 aromatic rings. The molecule has 4 nitrogen and oxygen atoms in total. The van der Waals surface area contributed by atoms with Gasteiger partial charge in [-0.05, 0) is 26.0 Å². The summed E-state index contributed by atoms with van der Waals surface area (Å²) in [6.45, 7) is 10.8. The van der Waals surface area contributed by atoms with Crippen molar-refractivity contribution in [2.24, 2.45) is 0 Å². The molecule has 0 radical (unpaired) electrons. The Kier molecular flexibility index (Phi) is 4.20. The minimum atomic E-state index is 0.748. The van der Waals surface area contributed by atoms with Crippen molar-refractivity contribution in [3.8, 4) is 5.75 Å². The smallest absolute Gasteiger partial charge is 0.144 e. The zero-order valence-electron chi connectivity index (χ0n) is 12.4. The van der Waals surface area contributed by atoms with Crippen LogP contribution in [0.3, 0.4) is 0 Å². The maximum Gasteiger partial charge on any atom is 0.144 e. The van der Waals surface area contributed by atoms with E-state index < -0.39 is 0 Å². The molecule has 1 heterocycles. The van der Waals surface area contributed by atoms with Crippen LogP contribution in [0.25, 0.3) is 0 Å². The van der Waals surface area contributed by atoms with Crippen LogP contribution >= 0.6 is 0 Å². The number of anilines is 2. The standard InChI is InChI=1S/C15H26N3O/c1-4-18(3,5-2)10-8-17-9-11-19-15-12-13(16)6-7-14(15)17/h6-7,12H,4-5,8-11,16H2,1-3H3/q+1. The third-order valence-corrected chi connectivity index (χ3v) is 4.38. The van der Waals surface area contributed by atoms with E-state index in [4.69, 9.17) is 10.5 Å². The molecule has 1 aliphatic rings. The Balaban J connectivity index is 2.08. The average molecular weight is 264 g/mol. The van der Waals surface area contributed by atoms with E-state index in [2.05, 4.69) is 31.9 Å². The molecule has 106 valence electrons. The van der Waals surface area contributed by atoms with Gasteiger partial charge in [0.15, 0.2) is 0 Å². The third kappa shape index (κ3) is 3.13. The molecule has 0 saturated heterocycles. The van der Waals surface area contributed by atoms with Crippen molar-refractivity contribution in [1.29, 1.82) is 0 Å². The summed E-state index contributed by atoms with van der Waals surface area (Å²) in [5.74, 6) is 0.924. The van der Waals surface area contributed by atoms with Gasteiger partial charge in [-0.3, -0.25) is 0 Å². The predicted molar refractivity (Wildman–Crippen MR) is 80.7 cm³/mol. The van der Waals surface area contributed by atoms with Crippen molar-refractivity contribution >= 4 is 11.4 Å². The van der Waals surface area contributed by atoms with Gasteiger partial charge in [-0.1, -0.05) is 0 Å². The second kappa shape index (κ2) is 5.70. The molecule has 19 heavy (non-hydrogen) atoms. The first-order chi connectivity index (χ1) is 9.08. The van der Waals surface area contributed by atoms with Crippen molar-refractivity contribution < 1.29 is 9.22 Å². The van der Waals surface area contributed by atoms with Gasteiger partial charge in [0.2, 0.25) is 0 Å². The summed E-state index contributed by atoms with van der Waals surface area (Å²) in [7, 11) is 2.32. The van der Waals surface area contributed by atoms with E-state index in [1.54, 1.807) is 0 Å². The van der Waals surface area contributed by atoms with E-state index >= 15 is 0 Å². The molecule has 0 amide bonds. The summed E-state index contributed by atoms with van der Waals surface area (Å²) < 4.78 is 6.81. The lowest BCUT2D eigenvalue weighted by Gasteiger charge is -2.37. The highest BCUT2D eigenvalue weighted by Crippen LogP contribution is 2.33. The summed E-state index contributed by atoms with van der Waals surface area (Å²) in [4.78, 5) is 2.42. The van der Waals surface area contributed by atoms with Crippen molar-refractivity contribution in [2.45, 2.75) is 13.8 Å². The maximum atomic E-state index is 5.81. The highest BCUT2D eigenvalue weighted by molar-refractivity contribution is 5.65. The molecule has 1 aliphatic heterocycles. The van der Waals surface area contributed by atoms with Gasteiger partial charge >= 0.3 is 0 Å². The molecule has 0 fully saturated rings. The van der Waals surface area contributed by atoms with E-state index in [9.17, 15) is 0 Å². The van der Waals surface area contributed by atoms with E-state index in [0.29, 0.717) is 0 Å². The Labute approximate surface area is 116 Å². The van der Waals surface area contributed by atoms with Gasteiger partial charge in [0, 0.05) is 11.8 Å². The van der Waals surface area contributed by atoms with Gasteiger partial charge in [0.1, 0.15) is 12.4 Å². The lowest BCUT2D eigenvalue weighted by atomic mass is 10.2. The van der Waals surface area contributed by atoms with Crippen LogP contribution in [-0.2, 0) is 0 Å². The number of ether oxygens (including phenoxy) is 1. The maximum absolute atomic E-state index is 5.81. The number of benzene rings is 1. The SMILES string of the molecule is CC[N+](C)(CC)CCN1CCOc2cc(N)ccc21. The number of nitrogens with zero attached hydrogens (tertiary/aromatic N) is 2. The first-order valence-corrected chi connectivity index (χ1v) is 7.19. The molecule has 0 bridgehead atoms. The number of fused-ring (bicyclic) bond motifs is 1. The normalized spacial score (nSPS) is 15.0. The van der Waals surface area contributed by atoms with Gasteiger partial charge in [0.05, 0.1) is 45.5 Å². The monoisotopic (exact) mass is 264 g/mol. The number of quaternary nitrogens is 1. The number of nitrogens with two attached hydrogens (primary N) is 1. The van der Waals surface area contributed by atoms with Gasteiger partial charge in [-0.15, -0.1) is 0 Å². The fourth-order valence-electron chi connectivity index (χ4n) is 2.43. The highest BCUT2D eigenvalue weighted by atomic mass is 16.5. The topological polar surface area (TPSA) is 38.5 Å². The fourth-order valence-corrected chi connectivity index (χ4v) is 2.43. The number of rotatable bonds is 5. The molecule has 0 aromatic heterocycles. The zero-order chi connectivity index (χ0) is 13.9. The number of hydrogen-bond acceptors (Lipinski definition) is 3.